The summed E-state index contributed by atoms with van der Waals surface area (Å²) in [4.78, 5) is 64.2. The fourth-order valence-electron chi connectivity index (χ4n) is 3.29. The highest BCUT2D eigenvalue weighted by molar-refractivity contribution is 9.10. The van der Waals surface area contributed by atoms with Crippen LogP contribution < -0.4 is 26.0 Å². The third-order valence-corrected chi connectivity index (χ3v) is 8.38. The van der Waals surface area contributed by atoms with Crippen molar-refractivity contribution < 1.29 is 37.1 Å². The first-order valence-electron chi connectivity index (χ1n) is 12.9. The molecule has 0 saturated carbocycles. The van der Waals surface area contributed by atoms with Crippen LogP contribution >= 0.6 is 15.9 Å². The maximum atomic E-state index is 13.2. The number of carbonyl (C=O) groups is 5. The van der Waals surface area contributed by atoms with Gasteiger partial charge in [-0.25, -0.2) is 13.2 Å². The molecule has 1 aromatic carbocycles. The molecule has 0 aliphatic rings. The van der Waals surface area contributed by atoms with Crippen molar-refractivity contribution in [2.24, 2.45) is 0 Å². The SMILES string of the molecule is COC(=O)C(C)(C)NC(=O)C(C)(C)NC(=O)C(C)(C)NC(=O)C(C)(C)NC(=O)C(C)(C)NS(=O)(=O)c1ccc(Br)cc1. The Balaban J connectivity index is 2.97. The Hall–Kier alpha value is -3.04. The molecule has 0 heterocycles. The van der Waals surface area contributed by atoms with Crippen molar-refractivity contribution in [3.05, 3.63) is 28.7 Å². The van der Waals surface area contributed by atoms with Gasteiger partial charge in [-0.05, 0) is 93.5 Å². The van der Waals surface area contributed by atoms with Gasteiger partial charge >= 0.3 is 5.97 Å². The predicted molar refractivity (Wildman–Crippen MR) is 159 cm³/mol. The molecule has 13 nitrogen and oxygen atoms in total. The van der Waals surface area contributed by atoms with Crippen LogP contribution in [0.25, 0.3) is 0 Å². The molecule has 5 N–H and O–H groups in total. The van der Waals surface area contributed by atoms with E-state index in [1.165, 1.54) is 88.5 Å². The molecule has 0 aliphatic heterocycles. The molecule has 0 aliphatic carbocycles. The van der Waals surface area contributed by atoms with Crippen molar-refractivity contribution in [3.63, 3.8) is 0 Å². The third kappa shape index (κ3) is 9.49. The average molecular weight is 677 g/mol. The van der Waals surface area contributed by atoms with Crippen LogP contribution in [0.4, 0.5) is 0 Å². The number of amides is 4. The van der Waals surface area contributed by atoms with E-state index in [1.54, 1.807) is 12.1 Å². The second kappa shape index (κ2) is 12.7. The summed E-state index contributed by atoms with van der Waals surface area (Å²) in [7, 11) is -2.90. The van der Waals surface area contributed by atoms with Crippen molar-refractivity contribution in [2.75, 3.05) is 7.11 Å². The average Bonchev–Trinajstić information content (AvgIpc) is 2.81. The van der Waals surface area contributed by atoms with Gasteiger partial charge in [0.05, 0.1) is 12.0 Å². The van der Waals surface area contributed by atoms with Gasteiger partial charge in [-0.15, -0.1) is 0 Å². The molecular formula is C27H42BrN5O8S. The number of nitrogens with one attached hydrogen (secondary N) is 5. The summed E-state index contributed by atoms with van der Waals surface area (Å²) in [6.07, 6.45) is 0. The van der Waals surface area contributed by atoms with Crippen LogP contribution in [0.3, 0.4) is 0 Å². The van der Waals surface area contributed by atoms with Gasteiger partial charge in [0.15, 0.2) is 0 Å². The Bertz CT molecular complexity index is 1340. The molecule has 236 valence electrons. The number of sulfonamides is 1. The number of hydrogen-bond donors (Lipinski definition) is 5. The number of carbonyl (C=O) groups excluding carboxylic acids is 5. The zero-order valence-corrected chi connectivity index (χ0v) is 28.3. The second-order valence-corrected chi connectivity index (χ2v) is 15.1. The summed E-state index contributed by atoms with van der Waals surface area (Å²) >= 11 is 3.24. The first-order valence-corrected chi connectivity index (χ1v) is 15.2. The Kier molecular flexibility index (Phi) is 11.2. The van der Waals surface area contributed by atoms with Crippen molar-refractivity contribution in [3.8, 4) is 0 Å². The van der Waals surface area contributed by atoms with Gasteiger partial charge in [-0.3, -0.25) is 19.2 Å². The van der Waals surface area contributed by atoms with Crippen LogP contribution in [0.2, 0.25) is 0 Å². The van der Waals surface area contributed by atoms with E-state index in [1.807, 2.05) is 0 Å². The number of benzene rings is 1. The summed E-state index contributed by atoms with van der Waals surface area (Å²) in [5.41, 5.74) is -7.67. The lowest BCUT2D eigenvalue weighted by molar-refractivity contribution is -0.150. The molecule has 1 aromatic rings. The topological polar surface area (TPSA) is 189 Å². The van der Waals surface area contributed by atoms with Crippen LogP contribution in [-0.2, 0) is 38.7 Å². The van der Waals surface area contributed by atoms with Crippen molar-refractivity contribution >= 4 is 55.6 Å². The molecule has 0 aromatic heterocycles. The summed E-state index contributed by atoms with van der Waals surface area (Å²) < 4.78 is 33.4. The van der Waals surface area contributed by atoms with Crippen molar-refractivity contribution in [1.82, 2.24) is 26.0 Å². The molecule has 0 unspecified atom stereocenters. The summed E-state index contributed by atoms with van der Waals surface area (Å²) in [6, 6.07) is 5.83. The Morgan fingerprint density at radius 1 is 0.595 bits per heavy atom. The predicted octanol–water partition coefficient (Wildman–Crippen LogP) is 1.26. The molecular weight excluding hydrogens is 634 g/mol. The zero-order valence-electron chi connectivity index (χ0n) is 25.9. The van der Waals surface area contributed by atoms with Gasteiger partial charge < -0.3 is 26.0 Å². The van der Waals surface area contributed by atoms with E-state index < -0.39 is 67.3 Å². The van der Waals surface area contributed by atoms with Crippen LogP contribution in [0.15, 0.2) is 33.6 Å². The van der Waals surface area contributed by atoms with Crippen molar-refractivity contribution in [1.29, 1.82) is 0 Å². The van der Waals surface area contributed by atoms with Gasteiger partial charge in [0, 0.05) is 4.47 Å². The van der Waals surface area contributed by atoms with Crippen LogP contribution in [-0.4, -0.2) is 72.8 Å². The highest BCUT2D eigenvalue weighted by atomic mass is 79.9. The largest absolute Gasteiger partial charge is 0.467 e. The van der Waals surface area contributed by atoms with Gasteiger partial charge in [-0.2, -0.15) is 4.72 Å². The quantitative estimate of drug-likeness (QED) is 0.205. The van der Waals surface area contributed by atoms with E-state index in [4.69, 9.17) is 0 Å². The molecule has 4 amide bonds. The van der Waals surface area contributed by atoms with Gasteiger partial charge in [0.2, 0.25) is 33.7 Å². The van der Waals surface area contributed by atoms with E-state index in [0.29, 0.717) is 4.47 Å². The number of ether oxygens (including phenoxy) is 1. The Morgan fingerprint density at radius 2 is 0.905 bits per heavy atom. The minimum atomic E-state index is -4.08. The Morgan fingerprint density at radius 3 is 1.24 bits per heavy atom. The first kappa shape index (κ1) is 37.0. The molecule has 0 saturated heterocycles. The fraction of sp³-hybridized carbons (Fsp3) is 0.593. The van der Waals surface area contributed by atoms with E-state index in [2.05, 4.69) is 46.7 Å². The smallest absolute Gasteiger partial charge is 0.330 e. The molecule has 0 atom stereocenters. The van der Waals surface area contributed by atoms with Crippen LogP contribution in [0.1, 0.15) is 69.2 Å². The lowest BCUT2D eigenvalue weighted by Gasteiger charge is -2.36. The molecule has 0 bridgehead atoms. The standard InChI is InChI=1S/C27H42BrN5O8S/c1-23(2,18(34)30-25(5,6)20(36)32-27(9,10)22(38)41-11)29-19(35)24(3,4)31-21(37)26(7,8)33-42(39,40)17-14-12-16(28)13-15-17/h12-15,33H,1-11H3,(H,29,35)(H,30,34)(H,31,37)(H,32,36). The summed E-state index contributed by atoms with van der Waals surface area (Å²) in [5, 5.41) is 10.2. The Labute approximate surface area is 255 Å². The molecule has 1 rings (SSSR count). The van der Waals surface area contributed by atoms with Gasteiger partial charge in [0.25, 0.3) is 0 Å². The molecule has 42 heavy (non-hydrogen) atoms. The maximum absolute atomic E-state index is 13.2. The van der Waals surface area contributed by atoms with E-state index >= 15 is 0 Å². The number of halogens is 1. The summed E-state index contributed by atoms with van der Waals surface area (Å²) in [5.74, 6) is -3.63. The number of rotatable bonds is 12. The number of methoxy groups -OCH3 is 1. The minimum Gasteiger partial charge on any atom is -0.467 e. The van der Waals surface area contributed by atoms with E-state index in [-0.39, 0.29) is 4.90 Å². The lowest BCUT2D eigenvalue weighted by Crippen LogP contribution is -2.68. The molecule has 0 fully saturated rings. The van der Waals surface area contributed by atoms with Crippen LogP contribution in [0.5, 0.6) is 0 Å². The highest BCUT2D eigenvalue weighted by Gasteiger charge is 2.43. The first-order chi connectivity index (χ1) is 18.7. The van der Waals surface area contributed by atoms with Crippen LogP contribution in [0, 0.1) is 0 Å². The third-order valence-electron chi connectivity index (χ3n) is 6.18. The zero-order chi connectivity index (χ0) is 33.1. The van der Waals surface area contributed by atoms with E-state index in [0.717, 1.165) is 0 Å². The minimum absolute atomic E-state index is 0.0539. The van der Waals surface area contributed by atoms with Crippen molar-refractivity contribution in [2.45, 2.75) is 102 Å². The van der Waals surface area contributed by atoms with Gasteiger partial charge in [-0.1, -0.05) is 15.9 Å². The highest BCUT2D eigenvalue weighted by Crippen LogP contribution is 2.19. The van der Waals surface area contributed by atoms with E-state index in [9.17, 15) is 32.4 Å². The monoisotopic (exact) mass is 675 g/mol. The normalized spacial score (nSPS) is 13.0. The molecule has 0 radical (unpaired) electrons. The fourth-order valence-corrected chi connectivity index (χ4v) is 4.93. The molecule has 0 spiro atoms. The lowest BCUT2D eigenvalue weighted by atomic mass is 9.95. The molecule has 15 heteroatoms. The maximum Gasteiger partial charge on any atom is 0.330 e. The second-order valence-electron chi connectivity index (χ2n) is 12.5. The number of esters is 1. The van der Waals surface area contributed by atoms with Gasteiger partial charge in [0.1, 0.15) is 27.7 Å². The number of hydrogen-bond acceptors (Lipinski definition) is 8. The summed E-state index contributed by atoms with van der Waals surface area (Å²) in [6.45, 7) is 14.0.